The van der Waals surface area contributed by atoms with Crippen molar-refractivity contribution in [2.75, 3.05) is 4.90 Å². The van der Waals surface area contributed by atoms with Crippen LogP contribution in [0.2, 0.25) is 0 Å². The largest absolute Gasteiger partial charge is 0.480 e. The van der Waals surface area contributed by atoms with Crippen molar-refractivity contribution in [3.05, 3.63) is 77.9 Å². The van der Waals surface area contributed by atoms with Gasteiger partial charge in [-0.25, -0.2) is 4.90 Å². The monoisotopic (exact) mass is 456 g/mol. The van der Waals surface area contributed by atoms with Crippen LogP contribution < -0.4 is 10.2 Å². The van der Waals surface area contributed by atoms with Crippen LogP contribution in [0.25, 0.3) is 10.8 Å². The molecular weight excluding hydrogens is 428 g/mol. The number of hydrogen-bond donors (Lipinski definition) is 2. The maximum absolute atomic E-state index is 14.0. The fraction of sp³-hybridized carbons (Fsp3) is 0.321. The molecule has 5 atom stereocenters. The van der Waals surface area contributed by atoms with E-state index in [1.807, 2.05) is 75.4 Å². The highest BCUT2D eigenvalue weighted by Crippen LogP contribution is 2.53. The summed E-state index contributed by atoms with van der Waals surface area (Å²) in [6.45, 7) is 5.61. The lowest BCUT2D eigenvalue weighted by Crippen LogP contribution is -2.59. The predicted octanol–water partition coefficient (Wildman–Crippen LogP) is 4.47. The molecule has 2 aliphatic rings. The summed E-state index contributed by atoms with van der Waals surface area (Å²) >= 11 is 0. The third-order valence-corrected chi connectivity index (χ3v) is 7.85. The van der Waals surface area contributed by atoms with Gasteiger partial charge in [0, 0.05) is 6.04 Å². The van der Waals surface area contributed by atoms with E-state index in [1.165, 1.54) is 4.90 Å². The maximum Gasteiger partial charge on any atom is 0.325 e. The van der Waals surface area contributed by atoms with Crippen LogP contribution in [0.5, 0.6) is 0 Å². The molecule has 2 fully saturated rings. The first-order valence-electron chi connectivity index (χ1n) is 11.7. The van der Waals surface area contributed by atoms with E-state index >= 15 is 0 Å². The van der Waals surface area contributed by atoms with E-state index in [4.69, 9.17) is 0 Å². The van der Waals surface area contributed by atoms with Gasteiger partial charge in [0.2, 0.25) is 11.8 Å². The number of carbonyl (C=O) groups excluding carboxylic acids is 2. The second-order valence-electron chi connectivity index (χ2n) is 9.48. The molecule has 0 aromatic heterocycles. The molecule has 2 N–H and O–H groups in total. The SMILES string of the molecule is CCC(C)C1(C(=O)O)NC(c2cccc3ccccc23)C2C(=O)N(c3ccccc3C)C(=O)C21. The molecule has 0 saturated carbocycles. The summed E-state index contributed by atoms with van der Waals surface area (Å²) in [5, 5.41) is 15.9. The number of imide groups is 1. The highest BCUT2D eigenvalue weighted by molar-refractivity contribution is 6.24. The zero-order valence-electron chi connectivity index (χ0n) is 19.5. The Hall–Kier alpha value is -3.51. The van der Waals surface area contributed by atoms with Crippen molar-refractivity contribution in [3.63, 3.8) is 0 Å². The van der Waals surface area contributed by atoms with Crippen LogP contribution in [0.3, 0.4) is 0 Å². The molecule has 3 aromatic rings. The van der Waals surface area contributed by atoms with E-state index in [0.717, 1.165) is 21.9 Å². The summed E-state index contributed by atoms with van der Waals surface area (Å²) in [5.41, 5.74) is 0.605. The number of carboxylic acids is 1. The van der Waals surface area contributed by atoms with Gasteiger partial charge in [0.25, 0.3) is 0 Å². The number of carboxylic acid groups (broad SMARTS) is 1. The molecule has 2 heterocycles. The molecular formula is C28H28N2O4. The van der Waals surface area contributed by atoms with Gasteiger partial charge in [-0.15, -0.1) is 0 Å². The van der Waals surface area contributed by atoms with Crippen LogP contribution in [-0.4, -0.2) is 28.4 Å². The van der Waals surface area contributed by atoms with E-state index in [-0.39, 0.29) is 11.8 Å². The van der Waals surface area contributed by atoms with Gasteiger partial charge in [0.15, 0.2) is 0 Å². The quantitative estimate of drug-likeness (QED) is 0.554. The van der Waals surface area contributed by atoms with Gasteiger partial charge in [-0.3, -0.25) is 19.7 Å². The van der Waals surface area contributed by atoms with E-state index < -0.39 is 35.3 Å². The Morgan fingerprint density at radius 1 is 1.03 bits per heavy atom. The number of carbonyl (C=O) groups is 3. The zero-order valence-corrected chi connectivity index (χ0v) is 19.5. The molecule has 0 bridgehead atoms. The molecule has 3 aromatic carbocycles. The summed E-state index contributed by atoms with van der Waals surface area (Å²) in [5.74, 6) is -4.07. The smallest absolute Gasteiger partial charge is 0.325 e. The molecule has 2 saturated heterocycles. The van der Waals surface area contributed by atoms with Gasteiger partial charge >= 0.3 is 5.97 Å². The van der Waals surface area contributed by atoms with Gasteiger partial charge in [-0.1, -0.05) is 80.9 Å². The number of rotatable bonds is 5. The van der Waals surface area contributed by atoms with Gasteiger partial charge < -0.3 is 5.11 Å². The summed E-state index contributed by atoms with van der Waals surface area (Å²) < 4.78 is 0. The van der Waals surface area contributed by atoms with Crippen LogP contribution in [0.15, 0.2) is 66.7 Å². The Balaban J connectivity index is 1.74. The summed E-state index contributed by atoms with van der Waals surface area (Å²) in [6, 6.07) is 20.3. The predicted molar refractivity (Wildman–Crippen MR) is 130 cm³/mol. The molecule has 34 heavy (non-hydrogen) atoms. The first-order chi connectivity index (χ1) is 16.3. The number of hydrogen-bond acceptors (Lipinski definition) is 4. The van der Waals surface area contributed by atoms with Crippen molar-refractivity contribution in [3.8, 4) is 0 Å². The first kappa shape index (κ1) is 22.3. The van der Waals surface area contributed by atoms with Gasteiger partial charge in [-0.05, 0) is 40.8 Å². The second kappa shape index (κ2) is 8.06. The Kier molecular flexibility index (Phi) is 5.29. The third-order valence-electron chi connectivity index (χ3n) is 7.85. The molecule has 2 amide bonds. The molecule has 174 valence electrons. The molecule has 0 spiro atoms. The number of benzene rings is 3. The maximum atomic E-state index is 14.0. The summed E-state index contributed by atoms with van der Waals surface area (Å²) in [7, 11) is 0. The minimum absolute atomic E-state index is 0.346. The lowest BCUT2D eigenvalue weighted by atomic mass is 9.71. The Morgan fingerprint density at radius 3 is 2.41 bits per heavy atom. The number of nitrogens with one attached hydrogen (secondary N) is 1. The first-order valence-corrected chi connectivity index (χ1v) is 11.7. The summed E-state index contributed by atoms with van der Waals surface area (Å²) in [6.07, 6.45) is 0.552. The highest BCUT2D eigenvalue weighted by Gasteiger charge is 2.70. The standard InChI is InChI=1S/C28H28N2O4/c1-4-17(3)28(27(33)34)23-22(25(31)30(26(23)32)21-15-8-5-10-16(21)2)24(29-28)20-14-9-12-18-11-6-7-13-19(18)20/h5-15,17,22-24,29H,4H2,1-3H3,(H,33,34). The van der Waals surface area contributed by atoms with E-state index in [1.54, 1.807) is 12.1 Å². The average Bonchev–Trinajstić information content (AvgIpc) is 3.33. The van der Waals surface area contributed by atoms with Crippen molar-refractivity contribution >= 4 is 34.2 Å². The molecule has 5 unspecified atom stereocenters. The van der Waals surface area contributed by atoms with Crippen LogP contribution in [-0.2, 0) is 14.4 Å². The number of amides is 2. The summed E-state index contributed by atoms with van der Waals surface area (Å²) in [4.78, 5) is 42.0. The Morgan fingerprint density at radius 2 is 1.71 bits per heavy atom. The number of fused-ring (bicyclic) bond motifs is 2. The lowest BCUT2D eigenvalue weighted by Gasteiger charge is -2.36. The number of nitrogens with zero attached hydrogens (tertiary/aromatic N) is 1. The molecule has 6 heteroatoms. The molecule has 2 aliphatic heterocycles. The van der Waals surface area contributed by atoms with E-state index in [9.17, 15) is 19.5 Å². The van der Waals surface area contributed by atoms with Gasteiger partial charge in [0.1, 0.15) is 5.54 Å². The minimum atomic E-state index is -1.55. The molecule has 0 aliphatic carbocycles. The highest BCUT2D eigenvalue weighted by atomic mass is 16.4. The van der Waals surface area contributed by atoms with Crippen molar-refractivity contribution < 1.29 is 19.5 Å². The number of aliphatic carboxylic acids is 1. The second-order valence-corrected chi connectivity index (χ2v) is 9.48. The fourth-order valence-electron chi connectivity index (χ4n) is 5.96. The van der Waals surface area contributed by atoms with Crippen molar-refractivity contribution in [2.24, 2.45) is 17.8 Å². The molecule has 6 nitrogen and oxygen atoms in total. The number of anilines is 1. The fourth-order valence-corrected chi connectivity index (χ4v) is 5.96. The normalized spacial score (nSPS) is 27.3. The van der Waals surface area contributed by atoms with Crippen molar-refractivity contribution in [1.29, 1.82) is 0 Å². The number of para-hydroxylation sites is 1. The molecule has 0 radical (unpaired) electrons. The van der Waals surface area contributed by atoms with E-state index in [2.05, 4.69) is 5.32 Å². The molecule has 5 rings (SSSR count). The van der Waals surface area contributed by atoms with Crippen LogP contribution >= 0.6 is 0 Å². The average molecular weight is 457 g/mol. The van der Waals surface area contributed by atoms with Gasteiger partial charge in [0.05, 0.1) is 17.5 Å². The topological polar surface area (TPSA) is 86.7 Å². The van der Waals surface area contributed by atoms with Crippen molar-refractivity contribution in [2.45, 2.75) is 38.8 Å². The van der Waals surface area contributed by atoms with Crippen LogP contribution in [0.4, 0.5) is 5.69 Å². The van der Waals surface area contributed by atoms with Crippen LogP contribution in [0.1, 0.15) is 37.4 Å². The Labute approximate surface area is 198 Å². The zero-order chi connectivity index (χ0) is 24.2. The van der Waals surface area contributed by atoms with Crippen molar-refractivity contribution in [1.82, 2.24) is 5.32 Å². The lowest BCUT2D eigenvalue weighted by molar-refractivity contribution is -0.151. The van der Waals surface area contributed by atoms with E-state index in [0.29, 0.717) is 12.1 Å². The van der Waals surface area contributed by atoms with Gasteiger partial charge in [-0.2, -0.15) is 0 Å². The third kappa shape index (κ3) is 2.95. The Bertz CT molecular complexity index is 1310. The number of aryl methyl sites for hydroxylation is 1. The minimum Gasteiger partial charge on any atom is -0.480 e. The van der Waals surface area contributed by atoms with Crippen LogP contribution in [0, 0.1) is 24.7 Å².